The van der Waals surface area contributed by atoms with Gasteiger partial charge in [-0.2, -0.15) is 4.98 Å². The van der Waals surface area contributed by atoms with E-state index in [1.165, 1.54) is 6.92 Å². The predicted octanol–water partition coefficient (Wildman–Crippen LogP) is 5.64. The van der Waals surface area contributed by atoms with Gasteiger partial charge in [0.05, 0.1) is 0 Å². The van der Waals surface area contributed by atoms with Crippen molar-refractivity contribution in [2.75, 3.05) is 4.90 Å². The number of nitrogens with zero attached hydrogens (tertiary/aromatic N) is 3. The van der Waals surface area contributed by atoms with Crippen LogP contribution in [0.1, 0.15) is 90.8 Å². The molecule has 0 radical (unpaired) electrons. The summed E-state index contributed by atoms with van der Waals surface area (Å²) in [6.07, 6.45) is 9.34. The van der Waals surface area contributed by atoms with Gasteiger partial charge in [0.15, 0.2) is 5.82 Å². The molecule has 0 bridgehead atoms. The SMILES string of the molecule is CC(=O)NC1(c2noc(CCC(=O)N(c3ccc4[nH]ccc4c3)[C@H](C)CC(C)C)n2)CCCCCC1. The Kier molecular flexibility index (Phi) is 8.11. The van der Waals surface area contributed by atoms with Gasteiger partial charge < -0.3 is 19.7 Å². The van der Waals surface area contributed by atoms with E-state index in [-0.39, 0.29) is 24.3 Å². The Morgan fingerprint density at radius 1 is 1.14 bits per heavy atom. The summed E-state index contributed by atoms with van der Waals surface area (Å²) in [5.74, 6) is 1.38. The molecule has 1 aromatic carbocycles. The fourth-order valence-corrected chi connectivity index (χ4v) is 5.58. The molecule has 1 atom stereocenters. The Bertz CT molecular complexity index is 1170. The number of aryl methyl sites for hydroxylation is 1. The Morgan fingerprint density at radius 2 is 1.89 bits per heavy atom. The monoisotopic (exact) mass is 493 g/mol. The summed E-state index contributed by atoms with van der Waals surface area (Å²) in [5.41, 5.74) is 1.36. The minimum absolute atomic E-state index is 0.0313. The second-order valence-corrected chi connectivity index (χ2v) is 10.7. The standard InChI is InChI=1S/C28H39N5O3/c1-19(2)17-20(3)33(23-9-10-24-22(18-23)13-16-29-24)26(35)12-11-25-30-27(32-36-25)28(31-21(4)34)14-7-5-6-8-15-28/h9-10,13,16,18-20,29H,5-8,11-12,14-15,17H2,1-4H3,(H,31,34)/t20-/m1/s1. The summed E-state index contributed by atoms with van der Waals surface area (Å²) >= 11 is 0. The molecule has 0 unspecified atom stereocenters. The van der Waals surface area contributed by atoms with E-state index >= 15 is 0 Å². The number of fused-ring (bicyclic) bond motifs is 1. The lowest BCUT2D eigenvalue weighted by Crippen LogP contribution is -2.45. The molecule has 0 aliphatic heterocycles. The molecule has 1 saturated carbocycles. The maximum atomic E-state index is 13.5. The zero-order chi connectivity index (χ0) is 25.7. The average molecular weight is 494 g/mol. The third-order valence-corrected chi connectivity index (χ3v) is 7.16. The lowest BCUT2D eigenvalue weighted by atomic mass is 9.89. The third-order valence-electron chi connectivity index (χ3n) is 7.16. The number of rotatable bonds is 9. The molecule has 0 saturated heterocycles. The normalized spacial score (nSPS) is 16.6. The maximum Gasteiger partial charge on any atom is 0.227 e. The van der Waals surface area contributed by atoms with Crippen LogP contribution >= 0.6 is 0 Å². The Labute approximate surface area is 213 Å². The van der Waals surface area contributed by atoms with E-state index in [4.69, 9.17) is 4.52 Å². The molecule has 8 nitrogen and oxygen atoms in total. The second-order valence-electron chi connectivity index (χ2n) is 10.7. The number of anilines is 1. The largest absolute Gasteiger partial charge is 0.361 e. The van der Waals surface area contributed by atoms with Crippen molar-refractivity contribution in [1.82, 2.24) is 20.4 Å². The number of nitrogens with one attached hydrogen (secondary N) is 2. The molecule has 3 aromatic rings. The first kappa shape index (κ1) is 25.9. The van der Waals surface area contributed by atoms with Gasteiger partial charge in [-0.1, -0.05) is 44.7 Å². The van der Waals surface area contributed by atoms with Crippen LogP contribution in [0, 0.1) is 5.92 Å². The molecule has 4 rings (SSSR count). The van der Waals surface area contributed by atoms with Gasteiger partial charge in [-0.05, 0) is 56.4 Å². The number of hydrogen-bond acceptors (Lipinski definition) is 5. The number of benzene rings is 1. The Morgan fingerprint density at radius 3 is 2.58 bits per heavy atom. The number of amides is 2. The minimum atomic E-state index is -0.585. The highest BCUT2D eigenvalue weighted by atomic mass is 16.5. The highest BCUT2D eigenvalue weighted by Gasteiger charge is 2.38. The van der Waals surface area contributed by atoms with E-state index in [2.05, 4.69) is 47.3 Å². The molecule has 0 spiro atoms. The lowest BCUT2D eigenvalue weighted by Gasteiger charge is -2.31. The van der Waals surface area contributed by atoms with Crippen molar-refractivity contribution in [3.8, 4) is 0 Å². The first-order chi connectivity index (χ1) is 17.3. The summed E-state index contributed by atoms with van der Waals surface area (Å²) in [4.78, 5) is 35.3. The second kappa shape index (κ2) is 11.3. The van der Waals surface area contributed by atoms with E-state index in [1.54, 1.807) is 0 Å². The molecule has 1 fully saturated rings. The van der Waals surface area contributed by atoms with Crippen molar-refractivity contribution in [3.63, 3.8) is 0 Å². The van der Waals surface area contributed by atoms with E-state index in [0.717, 1.165) is 61.5 Å². The van der Waals surface area contributed by atoms with Crippen LogP contribution in [0.5, 0.6) is 0 Å². The molecular weight excluding hydrogens is 454 g/mol. The van der Waals surface area contributed by atoms with E-state index < -0.39 is 5.54 Å². The highest BCUT2D eigenvalue weighted by molar-refractivity contribution is 5.96. The van der Waals surface area contributed by atoms with Gasteiger partial charge in [0.1, 0.15) is 5.54 Å². The number of hydrogen-bond donors (Lipinski definition) is 2. The van der Waals surface area contributed by atoms with Crippen molar-refractivity contribution in [3.05, 3.63) is 42.2 Å². The zero-order valence-corrected chi connectivity index (χ0v) is 22.0. The van der Waals surface area contributed by atoms with Gasteiger partial charge in [0.25, 0.3) is 0 Å². The van der Waals surface area contributed by atoms with Crippen LogP contribution in [0.25, 0.3) is 10.9 Å². The van der Waals surface area contributed by atoms with Crippen molar-refractivity contribution in [2.45, 2.75) is 97.1 Å². The van der Waals surface area contributed by atoms with Gasteiger partial charge in [-0.3, -0.25) is 9.59 Å². The van der Waals surface area contributed by atoms with Gasteiger partial charge in [-0.15, -0.1) is 0 Å². The molecule has 1 aliphatic carbocycles. The predicted molar refractivity (Wildman–Crippen MR) is 141 cm³/mol. The average Bonchev–Trinajstić information content (AvgIpc) is 3.43. The maximum absolute atomic E-state index is 13.5. The zero-order valence-electron chi connectivity index (χ0n) is 22.0. The van der Waals surface area contributed by atoms with Crippen molar-refractivity contribution in [2.24, 2.45) is 5.92 Å². The quantitative estimate of drug-likeness (QED) is 0.376. The molecule has 36 heavy (non-hydrogen) atoms. The summed E-state index contributed by atoms with van der Waals surface area (Å²) in [5, 5.41) is 8.45. The molecular formula is C28H39N5O3. The van der Waals surface area contributed by atoms with Gasteiger partial charge in [0, 0.05) is 48.6 Å². The van der Waals surface area contributed by atoms with Crippen LogP contribution in [0.3, 0.4) is 0 Å². The Balaban J connectivity index is 1.51. The molecule has 194 valence electrons. The number of aromatic amines is 1. The highest BCUT2D eigenvalue weighted by Crippen LogP contribution is 2.35. The summed E-state index contributed by atoms with van der Waals surface area (Å²) in [6, 6.07) is 8.16. The number of H-pyrrole nitrogens is 1. The van der Waals surface area contributed by atoms with Crippen LogP contribution in [-0.4, -0.2) is 33.0 Å². The smallest absolute Gasteiger partial charge is 0.227 e. The van der Waals surface area contributed by atoms with E-state index in [9.17, 15) is 9.59 Å². The first-order valence-corrected chi connectivity index (χ1v) is 13.3. The van der Waals surface area contributed by atoms with Crippen molar-refractivity contribution < 1.29 is 14.1 Å². The molecule has 8 heteroatoms. The van der Waals surface area contributed by atoms with Gasteiger partial charge >= 0.3 is 0 Å². The number of carbonyl (C=O) groups excluding carboxylic acids is 2. The fourth-order valence-electron chi connectivity index (χ4n) is 5.58. The molecule has 2 amide bonds. The lowest BCUT2D eigenvalue weighted by molar-refractivity contribution is -0.121. The molecule has 2 heterocycles. The Hall–Kier alpha value is -3.16. The van der Waals surface area contributed by atoms with E-state index in [0.29, 0.717) is 24.1 Å². The van der Waals surface area contributed by atoms with Gasteiger partial charge in [0.2, 0.25) is 17.7 Å². The van der Waals surface area contributed by atoms with Crippen molar-refractivity contribution in [1.29, 1.82) is 0 Å². The van der Waals surface area contributed by atoms with Crippen LogP contribution in [0.2, 0.25) is 0 Å². The topological polar surface area (TPSA) is 104 Å². The molecule has 1 aliphatic rings. The van der Waals surface area contributed by atoms with E-state index in [1.807, 2.05) is 29.3 Å². The summed E-state index contributed by atoms with van der Waals surface area (Å²) in [7, 11) is 0. The number of aromatic nitrogens is 3. The number of carbonyl (C=O) groups is 2. The summed E-state index contributed by atoms with van der Waals surface area (Å²) in [6.45, 7) is 7.98. The molecule has 2 aromatic heterocycles. The van der Waals surface area contributed by atoms with Crippen LogP contribution in [-0.2, 0) is 21.5 Å². The molecule has 2 N–H and O–H groups in total. The van der Waals surface area contributed by atoms with Crippen LogP contribution in [0.15, 0.2) is 35.0 Å². The first-order valence-electron chi connectivity index (χ1n) is 13.3. The van der Waals surface area contributed by atoms with Crippen LogP contribution < -0.4 is 10.2 Å². The van der Waals surface area contributed by atoms with Crippen LogP contribution in [0.4, 0.5) is 5.69 Å². The third kappa shape index (κ3) is 5.97. The fraction of sp³-hybridized carbons (Fsp3) is 0.571. The van der Waals surface area contributed by atoms with Crippen molar-refractivity contribution >= 4 is 28.4 Å². The van der Waals surface area contributed by atoms with Gasteiger partial charge in [-0.25, -0.2) is 0 Å². The summed E-state index contributed by atoms with van der Waals surface area (Å²) < 4.78 is 5.59. The minimum Gasteiger partial charge on any atom is -0.361 e.